The van der Waals surface area contributed by atoms with Gasteiger partial charge in [0.2, 0.25) is 0 Å². The van der Waals surface area contributed by atoms with E-state index in [9.17, 15) is 0 Å². The molecule has 28 heavy (non-hydrogen) atoms. The SMILES string of the molecule is CCCc1nc(NC[C@H](c2ccccn2)N2CCOCC2)c2cnn(C)c2n1. The van der Waals surface area contributed by atoms with Crippen LogP contribution < -0.4 is 5.32 Å². The minimum absolute atomic E-state index is 0.154. The maximum absolute atomic E-state index is 5.54. The first-order valence-electron chi connectivity index (χ1n) is 9.91. The van der Waals surface area contributed by atoms with Gasteiger partial charge in [-0.15, -0.1) is 0 Å². The molecule has 1 atom stereocenters. The molecule has 1 saturated heterocycles. The van der Waals surface area contributed by atoms with Crippen LogP contribution >= 0.6 is 0 Å². The first-order valence-corrected chi connectivity index (χ1v) is 9.91. The van der Waals surface area contributed by atoms with Crippen molar-refractivity contribution in [2.75, 3.05) is 38.2 Å². The lowest BCUT2D eigenvalue weighted by molar-refractivity contribution is 0.0179. The zero-order valence-electron chi connectivity index (χ0n) is 16.5. The number of fused-ring (bicyclic) bond motifs is 1. The second kappa shape index (κ2) is 8.62. The number of anilines is 1. The summed E-state index contributed by atoms with van der Waals surface area (Å²) in [6, 6.07) is 6.23. The number of hydrogen-bond acceptors (Lipinski definition) is 7. The molecule has 8 nitrogen and oxygen atoms in total. The molecule has 0 spiro atoms. The minimum Gasteiger partial charge on any atom is -0.379 e. The number of ether oxygens (including phenoxy) is 1. The molecule has 0 unspecified atom stereocenters. The number of nitrogens with zero attached hydrogens (tertiary/aromatic N) is 6. The number of nitrogens with one attached hydrogen (secondary N) is 1. The Labute approximate surface area is 165 Å². The van der Waals surface area contributed by atoms with Crippen LogP contribution in [0.1, 0.15) is 30.9 Å². The molecular weight excluding hydrogens is 354 g/mol. The average Bonchev–Trinajstić information content (AvgIpc) is 3.11. The lowest BCUT2D eigenvalue weighted by Crippen LogP contribution is -2.42. The van der Waals surface area contributed by atoms with Gasteiger partial charge in [-0.1, -0.05) is 13.0 Å². The molecule has 0 aliphatic carbocycles. The Morgan fingerprint density at radius 2 is 2.07 bits per heavy atom. The molecule has 1 aliphatic heterocycles. The summed E-state index contributed by atoms with van der Waals surface area (Å²) < 4.78 is 7.34. The van der Waals surface area contributed by atoms with Crippen LogP contribution in [0.15, 0.2) is 30.6 Å². The summed E-state index contributed by atoms with van der Waals surface area (Å²) in [6.45, 7) is 6.16. The van der Waals surface area contributed by atoms with Crippen molar-refractivity contribution in [1.82, 2.24) is 29.6 Å². The highest BCUT2D eigenvalue weighted by molar-refractivity contribution is 5.86. The molecule has 148 valence electrons. The first kappa shape index (κ1) is 18.8. The molecule has 8 heteroatoms. The summed E-state index contributed by atoms with van der Waals surface area (Å²) in [6.07, 6.45) is 5.54. The van der Waals surface area contributed by atoms with Crippen LogP contribution in [0.3, 0.4) is 0 Å². The van der Waals surface area contributed by atoms with E-state index in [2.05, 4.69) is 38.3 Å². The van der Waals surface area contributed by atoms with Crippen molar-refractivity contribution in [3.05, 3.63) is 42.1 Å². The van der Waals surface area contributed by atoms with E-state index in [0.717, 1.165) is 67.5 Å². The molecule has 0 bridgehead atoms. The number of pyridine rings is 1. The molecule has 3 aromatic rings. The molecule has 0 amide bonds. The molecule has 1 aliphatic rings. The third kappa shape index (κ3) is 3.98. The Kier molecular flexibility index (Phi) is 5.78. The van der Waals surface area contributed by atoms with Crippen LogP contribution in [-0.2, 0) is 18.2 Å². The molecule has 4 rings (SSSR count). The molecule has 0 saturated carbocycles. The van der Waals surface area contributed by atoms with E-state index in [1.807, 2.05) is 31.6 Å². The van der Waals surface area contributed by atoms with Gasteiger partial charge in [-0.2, -0.15) is 5.10 Å². The lowest BCUT2D eigenvalue weighted by atomic mass is 10.1. The molecule has 0 radical (unpaired) electrons. The summed E-state index contributed by atoms with van der Waals surface area (Å²) in [5.41, 5.74) is 1.92. The van der Waals surface area contributed by atoms with Crippen molar-refractivity contribution in [1.29, 1.82) is 0 Å². The van der Waals surface area contributed by atoms with E-state index in [1.165, 1.54) is 0 Å². The third-order valence-electron chi connectivity index (χ3n) is 5.09. The van der Waals surface area contributed by atoms with Gasteiger partial charge in [0.05, 0.1) is 36.5 Å². The minimum atomic E-state index is 0.154. The fourth-order valence-electron chi connectivity index (χ4n) is 3.61. The molecule has 1 fully saturated rings. The Morgan fingerprint density at radius 1 is 1.21 bits per heavy atom. The van der Waals surface area contributed by atoms with Crippen LogP contribution in [0.2, 0.25) is 0 Å². The molecule has 1 N–H and O–H groups in total. The Morgan fingerprint density at radius 3 is 2.82 bits per heavy atom. The fourth-order valence-corrected chi connectivity index (χ4v) is 3.61. The highest BCUT2D eigenvalue weighted by Gasteiger charge is 2.24. The Bertz CT molecular complexity index is 906. The van der Waals surface area contributed by atoms with Crippen LogP contribution in [0.5, 0.6) is 0 Å². The quantitative estimate of drug-likeness (QED) is 0.672. The van der Waals surface area contributed by atoms with Crippen molar-refractivity contribution >= 4 is 16.9 Å². The standard InChI is InChI=1S/C20H27N7O/c1-3-6-18-24-19(15-13-23-26(2)20(15)25-18)22-14-17(16-7-4-5-8-21-16)27-9-11-28-12-10-27/h4-5,7-8,13,17H,3,6,9-12,14H2,1-2H3,(H,22,24,25)/t17-/m1/s1. The number of morpholine rings is 1. The Balaban J connectivity index is 1.61. The van der Waals surface area contributed by atoms with E-state index < -0.39 is 0 Å². The Hall–Kier alpha value is -2.58. The van der Waals surface area contributed by atoms with Crippen LogP contribution in [-0.4, -0.2) is 62.5 Å². The molecule has 3 aromatic heterocycles. The maximum Gasteiger partial charge on any atom is 0.163 e. The zero-order chi connectivity index (χ0) is 19.3. The summed E-state index contributed by atoms with van der Waals surface area (Å²) >= 11 is 0. The van der Waals surface area contributed by atoms with Gasteiger partial charge < -0.3 is 10.1 Å². The van der Waals surface area contributed by atoms with Crippen molar-refractivity contribution in [2.45, 2.75) is 25.8 Å². The topological polar surface area (TPSA) is 81.0 Å². The molecular formula is C20H27N7O. The van der Waals surface area contributed by atoms with E-state index in [-0.39, 0.29) is 6.04 Å². The van der Waals surface area contributed by atoms with Gasteiger partial charge in [-0.3, -0.25) is 14.6 Å². The second-order valence-electron chi connectivity index (χ2n) is 7.04. The predicted octanol–water partition coefficient (Wildman–Crippen LogP) is 2.20. The second-order valence-corrected chi connectivity index (χ2v) is 7.04. The molecule has 4 heterocycles. The van der Waals surface area contributed by atoms with Crippen LogP contribution in [0.25, 0.3) is 11.0 Å². The van der Waals surface area contributed by atoms with Gasteiger partial charge in [0.15, 0.2) is 5.65 Å². The van der Waals surface area contributed by atoms with E-state index in [4.69, 9.17) is 9.72 Å². The van der Waals surface area contributed by atoms with Crippen molar-refractivity contribution in [3.8, 4) is 0 Å². The number of hydrogen-bond donors (Lipinski definition) is 1. The fraction of sp³-hybridized carbons (Fsp3) is 0.500. The summed E-state index contributed by atoms with van der Waals surface area (Å²) in [5.74, 6) is 1.69. The van der Waals surface area contributed by atoms with Crippen molar-refractivity contribution < 1.29 is 4.74 Å². The largest absolute Gasteiger partial charge is 0.379 e. The number of rotatable bonds is 7. The highest BCUT2D eigenvalue weighted by Crippen LogP contribution is 2.24. The van der Waals surface area contributed by atoms with Gasteiger partial charge in [-0.05, 0) is 18.6 Å². The average molecular weight is 381 g/mol. The van der Waals surface area contributed by atoms with E-state index in [1.54, 1.807) is 4.68 Å². The van der Waals surface area contributed by atoms with E-state index >= 15 is 0 Å². The smallest absolute Gasteiger partial charge is 0.163 e. The van der Waals surface area contributed by atoms with E-state index in [0.29, 0.717) is 6.54 Å². The first-order chi connectivity index (χ1) is 13.8. The number of aryl methyl sites for hydroxylation is 2. The lowest BCUT2D eigenvalue weighted by Gasteiger charge is -2.34. The predicted molar refractivity (Wildman–Crippen MR) is 108 cm³/mol. The van der Waals surface area contributed by atoms with Crippen molar-refractivity contribution in [3.63, 3.8) is 0 Å². The van der Waals surface area contributed by atoms with Gasteiger partial charge >= 0.3 is 0 Å². The van der Waals surface area contributed by atoms with Gasteiger partial charge in [0, 0.05) is 39.3 Å². The van der Waals surface area contributed by atoms with Crippen molar-refractivity contribution in [2.24, 2.45) is 7.05 Å². The van der Waals surface area contributed by atoms with Gasteiger partial charge in [0.25, 0.3) is 0 Å². The maximum atomic E-state index is 5.54. The van der Waals surface area contributed by atoms with Gasteiger partial charge in [-0.25, -0.2) is 9.97 Å². The monoisotopic (exact) mass is 381 g/mol. The van der Waals surface area contributed by atoms with Crippen LogP contribution in [0, 0.1) is 0 Å². The number of aromatic nitrogens is 5. The molecule has 0 aromatic carbocycles. The summed E-state index contributed by atoms with van der Waals surface area (Å²) in [7, 11) is 1.92. The normalized spacial score (nSPS) is 16.4. The van der Waals surface area contributed by atoms with Crippen LogP contribution in [0.4, 0.5) is 5.82 Å². The summed E-state index contributed by atoms with van der Waals surface area (Å²) in [4.78, 5) is 16.5. The third-order valence-corrected chi connectivity index (χ3v) is 5.09. The zero-order valence-corrected chi connectivity index (χ0v) is 16.5. The van der Waals surface area contributed by atoms with Gasteiger partial charge in [0.1, 0.15) is 11.6 Å². The highest BCUT2D eigenvalue weighted by atomic mass is 16.5. The summed E-state index contributed by atoms with van der Waals surface area (Å²) in [5, 5.41) is 8.88.